The van der Waals surface area contributed by atoms with E-state index in [0.717, 1.165) is 0 Å². The number of aromatic nitrogens is 1. The zero-order valence-corrected chi connectivity index (χ0v) is 12.2. The average molecular weight is 358 g/mol. The second kappa shape index (κ2) is 6.78. The number of alkyl halides is 4. The Balaban J connectivity index is 3.29. The van der Waals surface area contributed by atoms with E-state index in [1.165, 1.54) is 13.2 Å². The van der Waals surface area contributed by atoms with E-state index in [0.29, 0.717) is 5.56 Å². The van der Waals surface area contributed by atoms with Gasteiger partial charge >= 0.3 is 12.3 Å². The predicted octanol–water partition coefficient (Wildman–Crippen LogP) is 3.06. The van der Waals surface area contributed by atoms with Crippen LogP contribution in [0.3, 0.4) is 0 Å². The molecule has 0 aromatic carbocycles. The smallest absolute Gasteiger partial charge is 0.491 e. The van der Waals surface area contributed by atoms with Crippen LogP contribution in [0.15, 0.2) is 6.07 Å². The quantitative estimate of drug-likeness (QED) is 0.598. The van der Waals surface area contributed by atoms with E-state index in [9.17, 15) is 18.0 Å². The molecule has 0 amide bonds. The van der Waals surface area contributed by atoms with Gasteiger partial charge in [-0.2, -0.15) is 0 Å². The van der Waals surface area contributed by atoms with E-state index >= 15 is 0 Å². The van der Waals surface area contributed by atoms with Crippen molar-refractivity contribution in [1.29, 1.82) is 0 Å². The second-order valence-corrected chi connectivity index (χ2v) is 3.97. The first kappa shape index (κ1) is 16.5. The van der Waals surface area contributed by atoms with Gasteiger partial charge in [-0.1, -0.05) is 15.9 Å². The van der Waals surface area contributed by atoms with Crippen LogP contribution < -0.4 is 9.47 Å². The maximum absolute atomic E-state index is 12.3. The normalized spacial score (nSPS) is 11.1. The van der Waals surface area contributed by atoms with Crippen LogP contribution in [0.1, 0.15) is 23.0 Å². The van der Waals surface area contributed by atoms with Crippen LogP contribution in [0.2, 0.25) is 0 Å². The third-order valence-electron chi connectivity index (χ3n) is 2.08. The van der Waals surface area contributed by atoms with Gasteiger partial charge in [0, 0.05) is 5.33 Å². The summed E-state index contributed by atoms with van der Waals surface area (Å²) < 4.78 is 50.1. The van der Waals surface area contributed by atoms with Crippen LogP contribution in [-0.2, 0) is 10.1 Å². The molecule has 0 fully saturated rings. The number of hydrogen-bond donors (Lipinski definition) is 0. The molecule has 0 atom stereocenters. The van der Waals surface area contributed by atoms with Gasteiger partial charge in [0.2, 0.25) is 0 Å². The van der Waals surface area contributed by atoms with Gasteiger partial charge in [0.25, 0.3) is 5.88 Å². The molecule has 0 saturated heterocycles. The van der Waals surface area contributed by atoms with E-state index in [1.807, 2.05) is 0 Å². The lowest BCUT2D eigenvalue weighted by molar-refractivity contribution is -0.276. The number of nitrogens with zero attached hydrogens (tertiary/aromatic N) is 1. The monoisotopic (exact) mass is 357 g/mol. The maximum Gasteiger partial charge on any atom is 0.574 e. The number of halogens is 4. The maximum atomic E-state index is 12.3. The van der Waals surface area contributed by atoms with Crippen molar-refractivity contribution in [2.45, 2.75) is 18.6 Å². The van der Waals surface area contributed by atoms with Gasteiger partial charge in [-0.3, -0.25) is 0 Å². The molecule has 0 spiro atoms. The first-order valence-corrected chi connectivity index (χ1v) is 6.51. The van der Waals surface area contributed by atoms with Crippen molar-refractivity contribution in [2.24, 2.45) is 0 Å². The van der Waals surface area contributed by atoms with Gasteiger partial charge in [0.05, 0.1) is 13.7 Å². The Kier molecular flexibility index (Phi) is 5.61. The van der Waals surface area contributed by atoms with Crippen LogP contribution >= 0.6 is 15.9 Å². The fourth-order valence-electron chi connectivity index (χ4n) is 1.32. The van der Waals surface area contributed by atoms with Crippen molar-refractivity contribution in [3.63, 3.8) is 0 Å². The number of methoxy groups -OCH3 is 1. The van der Waals surface area contributed by atoms with E-state index in [1.54, 1.807) is 6.92 Å². The molecule has 0 N–H and O–H groups in total. The molecule has 0 aliphatic rings. The molecule has 0 saturated carbocycles. The minimum Gasteiger partial charge on any atom is -0.491 e. The molecule has 0 bridgehead atoms. The topological polar surface area (TPSA) is 57.7 Å². The van der Waals surface area contributed by atoms with Crippen molar-refractivity contribution in [1.82, 2.24) is 4.98 Å². The molecule has 1 heterocycles. The van der Waals surface area contributed by atoms with Gasteiger partial charge in [0.15, 0.2) is 11.4 Å². The van der Waals surface area contributed by atoms with Crippen molar-refractivity contribution in [3.8, 4) is 11.6 Å². The number of ether oxygens (including phenoxy) is 3. The fourth-order valence-corrected chi connectivity index (χ4v) is 1.75. The van der Waals surface area contributed by atoms with Crippen LogP contribution in [0.5, 0.6) is 11.6 Å². The fraction of sp³-hybridized carbons (Fsp3) is 0.455. The largest absolute Gasteiger partial charge is 0.574 e. The number of hydrogen-bond acceptors (Lipinski definition) is 5. The van der Waals surface area contributed by atoms with Gasteiger partial charge in [-0.15, -0.1) is 13.2 Å². The Morgan fingerprint density at radius 1 is 1.45 bits per heavy atom. The molecular weight excluding hydrogens is 347 g/mol. The zero-order chi connectivity index (χ0) is 15.3. The molecule has 20 heavy (non-hydrogen) atoms. The Bertz CT molecular complexity index is 493. The first-order valence-electron chi connectivity index (χ1n) is 5.39. The lowest BCUT2D eigenvalue weighted by atomic mass is 10.2. The lowest BCUT2D eigenvalue weighted by Crippen LogP contribution is -2.20. The van der Waals surface area contributed by atoms with E-state index in [-0.39, 0.29) is 23.4 Å². The van der Waals surface area contributed by atoms with Crippen molar-refractivity contribution in [3.05, 3.63) is 17.3 Å². The minimum absolute atomic E-state index is 0.0731. The third kappa shape index (κ3) is 4.26. The minimum atomic E-state index is -4.94. The summed E-state index contributed by atoms with van der Waals surface area (Å²) in [5, 5.41) is 0.191. The molecule has 9 heteroatoms. The average Bonchev–Trinajstić information content (AvgIpc) is 2.36. The Morgan fingerprint density at radius 2 is 2.10 bits per heavy atom. The highest BCUT2D eigenvalue weighted by Gasteiger charge is 2.34. The molecule has 5 nitrogen and oxygen atoms in total. The van der Waals surface area contributed by atoms with E-state index in [2.05, 4.69) is 25.7 Å². The van der Waals surface area contributed by atoms with Crippen molar-refractivity contribution >= 4 is 21.9 Å². The van der Waals surface area contributed by atoms with E-state index < -0.39 is 18.2 Å². The summed E-state index contributed by atoms with van der Waals surface area (Å²) >= 11 is 3.11. The number of carbonyl (C=O) groups is 1. The summed E-state index contributed by atoms with van der Waals surface area (Å²) in [5.41, 5.74) is 0.0681. The highest BCUT2D eigenvalue weighted by molar-refractivity contribution is 9.08. The highest BCUT2D eigenvalue weighted by atomic mass is 79.9. The summed E-state index contributed by atoms with van der Waals surface area (Å²) in [6, 6.07) is 1.23. The van der Waals surface area contributed by atoms with Gasteiger partial charge in [0.1, 0.15) is 0 Å². The van der Waals surface area contributed by atoms with E-state index in [4.69, 9.17) is 9.47 Å². The standard InChI is InChI=1S/C11H11BrF3NO4/c1-3-19-10(17)8-6(5-12)4-7(18-2)9(16-8)20-11(13,14)15/h4H,3,5H2,1-2H3. The molecule has 0 aliphatic heterocycles. The number of carbonyl (C=O) groups excluding carboxylic acids is 1. The molecule has 0 aliphatic carbocycles. The van der Waals surface area contributed by atoms with Crippen molar-refractivity contribution in [2.75, 3.05) is 13.7 Å². The molecule has 1 aromatic rings. The molecular formula is C11H11BrF3NO4. The summed E-state index contributed by atoms with van der Waals surface area (Å²) in [6.45, 7) is 1.64. The third-order valence-corrected chi connectivity index (χ3v) is 2.68. The summed E-state index contributed by atoms with van der Waals surface area (Å²) in [7, 11) is 1.17. The van der Waals surface area contributed by atoms with Gasteiger partial charge in [-0.05, 0) is 18.6 Å². The molecule has 1 rings (SSSR count). The van der Waals surface area contributed by atoms with Gasteiger partial charge in [-0.25, -0.2) is 9.78 Å². The van der Waals surface area contributed by atoms with Crippen molar-refractivity contribution < 1.29 is 32.2 Å². The SMILES string of the molecule is CCOC(=O)c1nc(OC(F)(F)F)c(OC)cc1CBr. The number of rotatable bonds is 5. The van der Waals surface area contributed by atoms with Crippen LogP contribution in [0, 0.1) is 0 Å². The first-order chi connectivity index (χ1) is 9.32. The number of pyridine rings is 1. The highest BCUT2D eigenvalue weighted by Crippen LogP contribution is 2.32. The van der Waals surface area contributed by atoms with Crippen LogP contribution in [0.4, 0.5) is 13.2 Å². The van der Waals surface area contributed by atoms with Crippen LogP contribution in [-0.4, -0.2) is 31.0 Å². The van der Waals surface area contributed by atoms with Crippen LogP contribution in [0.25, 0.3) is 0 Å². The zero-order valence-electron chi connectivity index (χ0n) is 10.6. The summed E-state index contributed by atoms with van der Waals surface area (Å²) in [4.78, 5) is 15.2. The Morgan fingerprint density at radius 3 is 2.55 bits per heavy atom. The Labute approximate surface area is 121 Å². The van der Waals surface area contributed by atoms with Gasteiger partial charge < -0.3 is 14.2 Å². The number of esters is 1. The molecule has 0 radical (unpaired) electrons. The predicted molar refractivity (Wildman–Crippen MR) is 66.1 cm³/mol. The summed E-state index contributed by atoms with van der Waals surface area (Å²) in [6.07, 6.45) is -4.94. The summed E-state index contributed by atoms with van der Waals surface area (Å²) in [5.74, 6) is -1.91. The Hall–Kier alpha value is -1.51. The molecule has 112 valence electrons. The molecule has 0 unspecified atom stereocenters. The lowest BCUT2D eigenvalue weighted by Gasteiger charge is -2.14. The second-order valence-electron chi connectivity index (χ2n) is 3.41. The molecule has 1 aromatic heterocycles.